The van der Waals surface area contributed by atoms with Crippen LogP contribution in [0.2, 0.25) is 0 Å². The SMILES string of the molecule is CC(CCc1ccco1)Nc1cc2[nH]ncc2cc1N. The first-order chi connectivity index (χ1) is 9.72. The summed E-state index contributed by atoms with van der Waals surface area (Å²) < 4.78 is 5.34. The number of benzene rings is 1. The third-order valence-electron chi connectivity index (χ3n) is 3.42. The van der Waals surface area contributed by atoms with Gasteiger partial charge in [0.2, 0.25) is 0 Å². The van der Waals surface area contributed by atoms with E-state index in [1.807, 2.05) is 24.3 Å². The number of aryl methyl sites for hydroxylation is 1. The van der Waals surface area contributed by atoms with Crippen molar-refractivity contribution in [1.82, 2.24) is 10.2 Å². The van der Waals surface area contributed by atoms with Crippen molar-refractivity contribution >= 4 is 22.3 Å². The van der Waals surface area contributed by atoms with Crippen molar-refractivity contribution in [1.29, 1.82) is 0 Å². The Morgan fingerprint density at radius 3 is 3.15 bits per heavy atom. The summed E-state index contributed by atoms with van der Waals surface area (Å²) in [6.07, 6.45) is 5.37. The van der Waals surface area contributed by atoms with E-state index in [1.54, 1.807) is 12.5 Å². The van der Waals surface area contributed by atoms with Gasteiger partial charge in [0.05, 0.1) is 29.4 Å². The van der Waals surface area contributed by atoms with Gasteiger partial charge in [-0.25, -0.2) is 0 Å². The van der Waals surface area contributed by atoms with E-state index in [2.05, 4.69) is 22.4 Å². The first kappa shape index (κ1) is 12.6. The molecule has 3 aromatic rings. The number of nitrogens with one attached hydrogen (secondary N) is 2. The van der Waals surface area contributed by atoms with Crippen LogP contribution in [0.5, 0.6) is 0 Å². The van der Waals surface area contributed by atoms with Crippen LogP contribution in [0.25, 0.3) is 10.9 Å². The first-order valence-electron chi connectivity index (χ1n) is 6.74. The third-order valence-corrected chi connectivity index (χ3v) is 3.42. The molecule has 0 bridgehead atoms. The number of nitrogens with two attached hydrogens (primary N) is 1. The molecule has 2 aromatic heterocycles. The monoisotopic (exact) mass is 270 g/mol. The summed E-state index contributed by atoms with van der Waals surface area (Å²) in [6.45, 7) is 2.14. The van der Waals surface area contributed by atoms with E-state index in [-0.39, 0.29) is 0 Å². The lowest BCUT2D eigenvalue weighted by Crippen LogP contribution is -2.16. The fourth-order valence-corrected chi connectivity index (χ4v) is 2.29. The van der Waals surface area contributed by atoms with E-state index in [0.29, 0.717) is 6.04 Å². The maximum absolute atomic E-state index is 6.06. The molecular formula is C15H18N4O. The standard InChI is InChI=1S/C15H18N4O/c1-10(4-5-12-3-2-6-20-12)18-15-8-14-11(7-13(15)16)9-17-19-14/h2-3,6-10,18H,4-5,16H2,1H3,(H,17,19). The fourth-order valence-electron chi connectivity index (χ4n) is 2.29. The molecule has 1 atom stereocenters. The van der Waals surface area contributed by atoms with Crippen LogP contribution >= 0.6 is 0 Å². The Labute approximate surface area is 117 Å². The average molecular weight is 270 g/mol. The van der Waals surface area contributed by atoms with Crippen LogP contribution in [0.4, 0.5) is 11.4 Å². The number of furan rings is 1. The van der Waals surface area contributed by atoms with Gasteiger partial charge in [0.1, 0.15) is 5.76 Å². The Hall–Kier alpha value is -2.43. The molecule has 0 aliphatic carbocycles. The van der Waals surface area contributed by atoms with E-state index >= 15 is 0 Å². The molecule has 5 nitrogen and oxygen atoms in total. The summed E-state index contributed by atoms with van der Waals surface area (Å²) in [6, 6.07) is 8.15. The number of aromatic amines is 1. The maximum Gasteiger partial charge on any atom is 0.103 e. The largest absolute Gasteiger partial charge is 0.469 e. The molecule has 0 radical (unpaired) electrons. The van der Waals surface area contributed by atoms with Gasteiger partial charge in [0.15, 0.2) is 0 Å². The van der Waals surface area contributed by atoms with Crippen molar-refractivity contribution in [3.8, 4) is 0 Å². The molecule has 4 N–H and O–H groups in total. The molecule has 1 unspecified atom stereocenters. The number of nitrogens with zero attached hydrogens (tertiary/aromatic N) is 1. The van der Waals surface area contributed by atoms with Gasteiger partial charge in [-0.2, -0.15) is 5.10 Å². The minimum absolute atomic E-state index is 0.308. The zero-order chi connectivity index (χ0) is 13.9. The Bertz CT molecular complexity index is 687. The summed E-state index contributed by atoms with van der Waals surface area (Å²) in [5, 5.41) is 11.4. The molecule has 5 heteroatoms. The molecule has 1 aromatic carbocycles. The van der Waals surface area contributed by atoms with E-state index in [4.69, 9.17) is 10.2 Å². The van der Waals surface area contributed by atoms with Gasteiger partial charge in [-0.05, 0) is 37.6 Å². The molecule has 3 rings (SSSR count). The molecule has 0 saturated carbocycles. The van der Waals surface area contributed by atoms with Gasteiger partial charge in [0.25, 0.3) is 0 Å². The second-order valence-electron chi connectivity index (χ2n) is 5.06. The molecule has 20 heavy (non-hydrogen) atoms. The summed E-state index contributed by atoms with van der Waals surface area (Å²) in [5.41, 5.74) is 8.73. The number of H-pyrrole nitrogens is 1. The summed E-state index contributed by atoms with van der Waals surface area (Å²) in [4.78, 5) is 0. The smallest absolute Gasteiger partial charge is 0.103 e. The van der Waals surface area contributed by atoms with Crippen molar-refractivity contribution in [3.63, 3.8) is 0 Å². The molecule has 0 aliphatic heterocycles. The minimum Gasteiger partial charge on any atom is -0.469 e. The number of hydrogen-bond donors (Lipinski definition) is 3. The number of hydrogen-bond acceptors (Lipinski definition) is 4. The molecule has 0 fully saturated rings. The molecule has 0 aliphatic rings. The normalized spacial score (nSPS) is 12.7. The second-order valence-corrected chi connectivity index (χ2v) is 5.06. The number of aromatic nitrogens is 2. The van der Waals surface area contributed by atoms with Crippen LogP contribution in [0, 0.1) is 0 Å². The highest BCUT2D eigenvalue weighted by molar-refractivity contribution is 5.88. The Morgan fingerprint density at radius 1 is 1.45 bits per heavy atom. The van der Waals surface area contributed by atoms with Crippen LogP contribution in [0.15, 0.2) is 41.1 Å². The third kappa shape index (κ3) is 2.61. The maximum atomic E-state index is 6.06. The highest BCUT2D eigenvalue weighted by atomic mass is 16.3. The average Bonchev–Trinajstić information content (AvgIpc) is 3.07. The van der Waals surface area contributed by atoms with Crippen LogP contribution in [0.3, 0.4) is 0 Å². The summed E-state index contributed by atoms with van der Waals surface area (Å²) in [7, 11) is 0. The number of rotatable bonds is 5. The van der Waals surface area contributed by atoms with Crippen molar-refractivity contribution < 1.29 is 4.42 Å². The predicted molar refractivity (Wildman–Crippen MR) is 80.6 cm³/mol. The zero-order valence-electron chi connectivity index (χ0n) is 11.4. The number of anilines is 2. The van der Waals surface area contributed by atoms with Crippen LogP contribution in [-0.4, -0.2) is 16.2 Å². The molecule has 0 amide bonds. The van der Waals surface area contributed by atoms with E-state index in [9.17, 15) is 0 Å². The number of fused-ring (bicyclic) bond motifs is 1. The molecule has 2 heterocycles. The van der Waals surface area contributed by atoms with Gasteiger partial charge < -0.3 is 15.5 Å². The highest BCUT2D eigenvalue weighted by Gasteiger charge is 2.08. The quantitative estimate of drug-likeness (QED) is 0.622. The lowest BCUT2D eigenvalue weighted by atomic mass is 10.1. The van der Waals surface area contributed by atoms with Gasteiger partial charge >= 0.3 is 0 Å². The van der Waals surface area contributed by atoms with Crippen molar-refractivity contribution in [3.05, 3.63) is 42.5 Å². The second kappa shape index (κ2) is 5.28. The molecular weight excluding hydrogens is 252 g/mol. The zero-order valence-corrected chi connectivity index (χ0v) is 11.4. The lowest BCUT2D eigenvalue weighted by Gasteiger charge is -2.16. The van der Waals surface area contributed by atoms with E-state index < -0.39 is 0 Å². The summed E-state index contributed by atoms with van der Waals surface area (Å²) in [5.74, 6) is 1.01. The minimum atomic E-state index is 0.308. The Morgan fingerprint density at radius 2 is 2.35 bits per heavy atom. The van der Waals surface area contributed by atoms with E-state index in [0.717, 1.165) is 40.9 Å². The highest BCUT2D eigenvalue weighted by Crippen LogP contribution is 2.25. The molecule has 0 spiro atoms. The topological polar surface area (TPSA) is 79.9 Å². The Balaban J connectivity index is 1.67. The van der Waals surface area contributed by atoms with Crippen molar-refractivity contribution in [2.75, 3.05) is 11.1 Å². The van der Waals surface area contributed by atoms with E-state index in [1.165, 1.54) is 0 Å². The number of nitrogen functional groups attached to an aromatic ring is 1. The van der Waals surface area contributed by atoms with Crippen LogP contribution < -0.4 is 11.1 Å². The van der Waals surface area contributed by atoms with Gasteiger partial charge in [-0.1, -0.05) is 0 Å². The molecule has 0 saturated heterocycles. The van der Waals surface area contributed by atoms with Gasteiger partial charge in [0, 0.05) is 17.8 Å². The van der Waals surface area contributed by atoms with Crippen LogP contribution in [-0.2, 0) is 6.42 Å². The van der Waals surface area contributed by atoms with Crippen LogP contribution in [0.1, 0.15) is 19.1 Å². The Kier molecular flexibility index (Phi) is 3.33. The van der Waals surface area contributed by atoms with Gasteiger partial charge in [-0.15, -0.1) is 0 Å². The van der Waals surface area contributed by atoms with Crippen molar-refractivity contribution in [2.24, 2.45) is 0 Å². The lowest BCUT2D eigenvalue weighted by molar-refractivity contribution is 0.495. The predicted octanol–water partition coefficient (Wildman–Crippen LogP) is 3.17. The summed E-state index contributed by atoms with van der Waals surface area (Å²) >= 11 is 0. The van der Waals surface area contributed by atoms with Crippen molar-refractivity contribution in [2.45, 2.75) is 25.8 Å². The molecule has 104 valence electrons. The fraction of sp³-hybridized carbons (Fsp3) is 0.267. The van der Waals surface area contributed by atoms with Gasteiger partial charge in [-0.3, -0.25) is 5.10 Å². The first-order valence-corrected chi connectivity index (χ1v) is 6.74.